The van der Waals surface area contributed by atoms with Gasteiger partial charge in [-0.15, -0.1) is 11.3 Å². The van der Waals surface area contributed by atoms with Crippen LogP contribution in [0.5, 0.6) is 0 Å². The van der Waals surface area contributed by atoms with E-state index in [4.69, 9.17) is 0 Å². The van der Waals surface area contributed by atoms with E-state index >= 15 is 0 Å². The summed E-state index contributed by atoms with van der Waals surface area (Å²) >= 11 is 5.01. The summed E-state index contributed by atoms with van der Waals surface area (Å²) in [6.45, 7) is 2.04. The van der Waals surface area contributed by atoms with Crippen molar-refractivity contribution in [2.75, 3.05) is 0 Å². The molecule has 1 aromatic heterocycles. The molecule has 0 aliphatic carbocycles. The van der Waals surface area contributed by atoms with E-state index in [0.717, 1.165) is 14.9 Å². The number of hydrogen-bond acceptors (Lipinski definition) is 2. The second kappa shape index (κ2) is 4.47. The summed E-state index contributed by atoms with van der Waals surface area (Å²) in [5.41, 5.74) is 0.931. The van der Waals surface area contributed by atoms with Crippen LogP contribution in [0.15, 0.2) is 40.9 Å². The van der Waals surface area contributed by atoms with Crippen molar-refractivity contribution in [1.29, 1.82) is 0 Å². The summed E-state index contributed by atoms with van der Waals surface area (Å²) in [4.78, 5) is 2.22. The zero-order valence-electron chi connectivity index (χ0n) is 8.27. The largest absolute Gasteiger partial charge is 0.383 e. The molecule has 0 aliphatic rings. The third kappa shape index (κ3) is 2.48. The van der Waals surface area contributed by atoms with Crippen LogP contribution in [0.3, 0.4) is 0 Å². The van der Waals surface area contributed by atoms with Gasteiger partial charge in [0.25, 0.3) is 0 Å². The van der Waals surface area contributed by atoms with E-state index in [0.29, 0.717) is 0 Å². The second-order valence-corrected chi connectivity index (χ2v) is 5.64. The van der Waals surface area contributed by atoms with Gasteiger partial charge in [0.2, 0.25) is 0 Å². The normalized spacial score (nSPS) is 12.7. The molecule has 3 heteroatoms. The van der Waals surface area contributed by atoms with Crippen molar-refractivity contribution in [1.82, 2.24) is 0 Å². The standard InChI is InChI=1S/C12H11BrOS/c1-8-2-7-11(15-8)12(14)9-3-5-10(13)6-4-9/h2-7,12,14H,1H3. The van der Waals surface area contributed by atoms with Gasteiger partial charge in [-0.2, -0.15) is 0 Å². The van der Waals surface area contributed by atoms with Crippen LogP contribution in [-0.4, -0.2) is 5.11 Å². The van der Waals surface area contributed by atoms with Gasteiger partial charge in [-0.25, -0.2) is 0 Å². The van der Waals surface area contributed by atoms with E-state index in [-0.39, 0.29) is 0 Å². The molecule has 0 amide bonds. The van der Waals surface area contributed by atoms with Crippen molar-refractivity contribution in [3.05, 3.63) is 56.2 Å². The molecule has 0 aliphatic heterocycles. The van der Waals surface area contributed by atoms with Gasteiger partial charge in [-0.05, 0) is 36.8 Å². The molecular formula is C12H11BrOS. The fraction of sp³-hybridized carbons (Fsp3) is 0.167. The molecule has 0 fully saturated rings. The predicted molar refractivity (Wildman–Crippen MR) is 67.3 cm³/mol. The summed E-state index contributed by atoms with van der Waals surface area (Å²) in [7, 11) is 0. The van der Waals surface area contributed by atoms with Crippen LogP contribution in [0.25, 0.3) is 0 Å². The molecule has 1 heterocycles. The minimum absolute atomic E-state index is 0.503. The summed E-state index contributed by atoms with van der Waals surface area (Å²) in [5.74, 6) is 0. The Bertz CT molecular complexity index is 447. The van der Waals surface area contributed by atoms with Crippen LogP contribution in [0.4, 0.5) is 0 Å². The van der Waals surface area contributed by atoms with Crippen LogP contribution in [-0.2, 0) is 0 Å². The lowest BCUT2D eigenvalue weighted by atomic mass is 10.1. The Hall–Kier alpha value is -0.640. The van der Waals surface area contributed by atoms with Crippen LogP contribution in [0.1, 0.15) is 21.4 Å². The monoisotopic (exact) mass is 282 g/mol. The fourth-order valence-corrected chi connectivity index (χ4v) is 2.57. The molecule has 0 spiro atoms. The first-order valence-electron chi connectivity index (χ1n) is 4.66. The molecule has 1 nitrogen and oxygen atoms in total. The molecule has 1 atom stereocenters. The topological polar surface area (TPSA) is 20.2 Å². The Morgan fingerprint density at radius 3 is 2.33 bits per heavy atom. The Kier molecular flexibility index (Phi) is 3.24. The first-order chi connectivity index (χ1) is 7.16. The maximum absolute atomic E-state index is 10.1. The average molecular weight is 283 g/mol. The number of benzene rings is 1. The fourth-order valence-electron chi connectivity index (χ4n) is 1.41. The van der Waals surface area contributed by atoms with Crippen molar-refractivity contribution in [2.45, 2.75) is 13.0 Å². The van der Waals surface area contributed by atoms with Gasteiger partial charge < -0.3 is 5.11 Å². The van der Waals surface area contributed by atoms with Crippen LogP contribution >= 0.6 is 27.3 Å². The van der Waals surface area contributed by atoms with Crippen molar-refractivity contribution < 1.29 is 5.11 Å². The Morgan fingerprint density at radius 2 is 1.80 bits per heavy atom. The zero-order valence-corrected chi connectivity index (χ0v) is 10.7. The van der Waals surface area contributed by atoms with E-state index in [1.165, 1.54) is 4.88 Å². The van der Waals surface area contributed by atoms with Crippen LogP contribution in [0, 0.1) is 6.92 Å². The third-order valence-corrected chi connectivity index (χ3v) is 3.80. The highest BCUT2D eigenvalue weighted by atomic mass is 79.9. The second-order valence-electron chi connectivity index (χ2n) is 3.40. The molecule has 1 aromatic carbocycles. The van der Waals surface area contributed by atoms with Crippen LogP contribution in [0.2, 0.25) is 0 Å². The summed E-state index contributed by atoms with van der Waals surface area (Å²) < 4.78 is 1.03. The number of aliphatic hydroxyl groups is 1. The average Bonchev–Trinajstić information content (AvgIpc) is 2.65. The molecular weight excluding hydrogens is 272 g/mol. The lowest BCUT2D eigenvalue weighted by molar-refractivity contribution is 0.224. The molecule has 0 saturated heterocycles. The summed E-state index contributed by atoms with van der Waals surface area (Å²) in [6.07, 6.45) is -0.503. The Balaban J connectivity index is 2.28. The highest BCUT2D eigenvalue weighted by Gasteiger charge is 2.11. The number of rotatable bonds is 2. The van der Waals surface area contributed by atoms with Crippen LogP contribution < -0.4 is 0 Å². The molecule has 1 N–H and O–H groups in total. The Labute approximate surface area is 102 Å². The highest BCUT2D eigenvalue weighted by molar-refractivity contribution is 9.10. The molecule has 0 radical (unpaired) electrons. The number of thiophene rings is 1. The number of aryl methyl sites for hydroxylation is 1. The van der Waals surface area contributed by atoms with E-state index < -0.39 is 6.10 Å². The van der Waals surface area contributed by atoms with Crippen molar-refractivity contribution in [3.8, 4) is 0 Å². The maximum atomic E-state index is 10.1. The molecule has 2 rings (SSSR count). The van der Waals surface area contributed by atoms with Crippen molar-refractivity contribution in [3.63, 3.8) is 0 Å². The van der Waals surface area contributed by atoms with Gasteiger partial charge in [0, 0.05) is 14.2 Å². The molecule has 0 saturated carbocycles. The SMILES string of the molecule is Cc1ccc(C(O)c2ccc(Br)cc2)s1. The minimum Gasteiger partial charge on any atom is -0.383 e. The summed E-state index contributed by atoms with van der Waals surface area (Å²) in [6, 6.07) is 11.8. The van der Waals surface area contributed by atoms with Crippen molar-refractivity contribution in [2.24, 2.45) is 0 Å². The molecule has 2 aromatic rings. The van der Waals surface area contributed by atoms with Gasteiger partial charge in [0.1, 0.15) is 6.10 Å². The van der Waals surface area contributed by atoms with Gasteiger partial charge in [-0.3, -0.25) is 0 Å². The smallest absolute Gasteiger partial charge is 0.113 e. The van der Waals surface area contributed by atoms with Crippen molar-refractivity contribution >= 4 is 27.3 Å². The molecule has 0 bridgehead atoms. The quantitative estimate of drug-likeness (QED) is 0.886. The van der Waals surface area contributed by atoms with E-state index in [9.17, 15) is 5.11 Å². The number of halogens is 1. The minimum atomic E-state index is -0.503. The lowest BCUT2D eigenvalue weighted by Gasteiger charge is -2.08. The Morgan fingerprint density at radius 1 is 1.13 bits per heavy atom. The van der Waals surface area contributed by atoms with E-state index in [2.05, 4.69) is 15.9 Å². The zero-order chi connectivity index (χ0) is 10.8. The third-order valence-electron chi connectivity index (χ3n) is 2.22. The molecule has 15 heavy (non-hydrogen) atoms. The lowest BCUT2D eigenvalue weighted by Crippen LogP contribution is -1.95. The number of hydrogen-bond donors (Lipinski definition) is 1. The van der Waals surface area contributed by atoms with Gasteiger partial charge in [0.05, 0.1) is 0 Å². The number of aliphatic hydroxyl groups excluding tert-OH is 1. The van der Waals surface area contributed by atoms with Gasteiger partial charge in [-0.1, -0.05) is 28.1 Å². The molecule has 78 valence electrons. The maximum Gasteiger partial charge on any atom is 0.113 e. The highest BCUT2D eigenvalue weighted by Crippen LogP contribution is 2.28. The van der Waals surface area contributed by atoms with Gasteiger partial charge >= 0.3 is 0 Å². The van der Waals surface area contributed by atoms with E-state index in [1.807, 2.05) is 43.3 Å². The summed E-state index contributed by atoms with van der Waals surface area (Å²) in [5, 5.41) is 10.1. The van der Waals surface area contributed by atoms with Gasteiger partial charge in [0.15, 0.2) is 0 Å². The first-order valence-corrected chi connectivity index (χ1v) is 6.27. The molecule has 1 unspecified atom stereocenters. The predicted octanol–water partition coefficient (Wildman–Crippen LogP) is 3.90. The first kappa shape index (κ1) is 10.9. The van der Waals surface area contributed by atoms with E-state index in [1.54, 1.807) is 11.3 Å².